The van der Waals surface area contributed by atoms with Crippen molar-refractivity contribution in [2.75, 3.05) is 20.8 Å². The molecule has 1 aromatic rings. The molecule has 2 N–H and O–H groups in total. The number of carboxylic acid groups (broad SMARTS) is 1. The second kappa shape index (κ2) is 6.34. The van der Waals surface area contributed by atoms with E-state index in [0.717, 1.165) is 5.56 Å². The van der Waals surface area contributed by atoms with E-state index >= 15 is 0 Å². The van der Waals surface area contributed by atoms with Crippen molar-refractivity contribution in [2.45, 2.75) is 12.2 Å². The fourth-order valence-electron chi connectivity index (χ4n) is 1.52. The van der Waals surface area contributed by atoms with Crippen molar-refractivity contribution in [1.29, 1.82) is 0 Å². The molecule has 94 valence electrons. The molecular weight excluding hydrogens is 224 g/mol. The molecule has 1 rings (SSSR count). The first-order valence-corrected chi connectivity index (χ1v) is 5.12. The van der Waals surface area contributed by atoms with Gasteiger partial charge in [-0.3, -0.25) is 0 Å². The number of aliphatic hydroxyl groups excluding tert-OH is 1. The van der Waals surface area contributed by atoms with Crippen LogP contribution < -0.4 is 0 Å². The molecule has 0 amide bonds. The summed E-state index contributed by atoms with van der Waals surface area (Å²) in [7, 11) is 3.10. The Balaban J connectivity index is 2.95. The van der Waals surface area contributed by atoms with Crippen LogP contribution in [0.5, 0.6) is 0 Å². The zero-order chi connectivity index (χ0) is 12.8. The summed E-state index contributed by atoms with van der Waals surface area (Å²) in [6.07, 6.45) is -1.80. The van der Waals surface area contributed by atoms with Crippen molar-refractivity contribution >= 4 is 5.97 Å². The second-order valence-corrected chi connectivity index (χ2v) is 3.59. The Morgan fingerprint density at radius 1 is 1.35 bits per heavy atom. The molecule has 0 aliphatic heterocycles. The normalized spacial score (nSPS) is 14.3. The smallest absolute Gasteiger partial charge is 0.337 e. The molecule has 2 atom stereocenters. The Labute approximate surface area is 99.6 Å². The van der Waals surface area contributed by atoms with Gasteiger partial charge < -0.3 is 19.7 Å². The molecule has 0 aliphatic carbocycles. The minimum atomic E-state index is -1.52. The van der Waals surface area contributed by atoms with Crippen LogP contribution in [0.3, 0.4) is 0 Å². The topological polar surface area (TPSA) is 76.0 Å². The maximum atomic E-state index is 10.7. The number of carboxylic acids is 1. The van der Waals surface area contributed by atoms with Crippen LogP contribution in [0.4, 0.5) is 0 Å². The minimum Gasteiger partial charge on any atom is -0.479 e. The molecule has 0 bridgehead atoms. The van der Waals surface area contributed by atoms with Crippen molar-refractivity contribution in [3.63, 3.8) is 0 Å². The summed E-state index contributed by atoms with van der Waals surface area (Å²) in [5.41, 5.74) is 1.10. The Hall–Kier alpha value is -1.43. The highest BCUT2D eigenvalue weighted by atomic mass is 16.5. The molecule has 0 saturated carbocycles. The highest BCUT2D eigenvalue weighted by molar-refractivity contribution is 5.74. The second-order valence-electron chi connectivity index (χ2n) is 3.59. The molecule has 1 aromatic carbocycles. The van der Waals surface area contributed by atoms with E-state index in [2.05, 4.69) is 0 Å². The number of benzene rings is 1. The lowest BCUT2D eigenvalue weighted by molar-refractivity contribution is -0.146. The van der Waals surface area contributed by atoms with Crippen LogP contribution in [0.15, 0.2) is 24.3 Å². The first-order valence-electron chi connectivity index (χ1n) is 5.12. The molecule has 0 heterocycles. The number of methoxy groups -OCH3 is 2. The minimum absolute atomic E-state index is 0.277. The number of hydrogen-bond donors (Lipinski definition) is 2. The van der Waals surface area contributed by atoms with Gasteiger partial charge in [0, 0.05) is 14.2 Å². The van der Waals surface area contributed by atoms with Crippen molar-refractivity contribution < 1.29 is 24.5 Å². The van der Waals surface area contributed by atoms with Crippen LogP contribution in [-0.4, -0.2) is 37.0 Å². The summed E-state index contributed by atoms with van der Waals surface area (Å²) in [6, 6.07) is 6.64. The summed E-state index contributed by atoms with van der Waals surface area (Å²) >= 11 is 0. The predicted molar refractivity (Wildman–Crippen MR) is 60.7 cm³/mol. The molecular formula is C12H16O5. The first-order chi connectivity index (χ1) is 8.10. The highest BCUT2D eigenvalue weighted by Crippen LogP contribution is 2.21. The van der Waals surface area contributed by atoms with Gasteiger partial charge in [0.25, 0.3) is 0 Å². The van der Waals surface area contributed by atoms with Crippen LogP contribution in [0, 0.1) is 0 Å². The van der Waals surface area contributed by atoms with Gasteiger partial charge in [0.05, 0.1) is 6.61 Å². The lowest BCUT2D eigenvalue weighted by Gasteiger charge is -2.16. The maximum Gasteiger partial charge on any atom is 0.337 e. The summed E-state index contributed by atoms with van der Waals surface area (Å²) in [5.74, 6) is -1.28. The number of aliphatic hydroxyl groups is 1. The molecule has 5 nitrogen and oxygen atoms in total. The van der Waals surface area contributed by atoms with Gasteiger partial charge in [-0.25, -0.2) is 4.79 Å². The number of aliphatic carboxylic acids is 1. The Bertz CT molecular complexity index is 377. The first kappa shape index (κ1) is 13.6. The number of carbonyl (C=O) groups is 1. The Kier molecular flexibility index (Phi) is 5.09. The van der Waals surface area contributed by atoms with E-state index in [0.29, 0.717) is 12.2 Å². The number of rotatable bonds is 6. The molecule has 0 aromatic heterocycles. The van der Waals surface area contributed by atoms with E-state index in [1.807, 2.05) is 0 Å². The molecule has 0 fully saturated rings. The summed E-state index contributed by atoms with van der Waals surface area (Å²) in [6.45, 7) is 0.364. The van der Waals surface area contributed by atoms with E-state index < -0.39 is 12.1 Å². The monoisotopic (exact) mass is 240 g/mol. The predicted octanol–water partition coefficient (Wildman–Crippen LogP) is 1.14. The molecule has 17 heavy (non-hydrogen) atoms. The van der Waals surface area contributed by atoms with Gasteiger partial charge >= 0.3 is 5.97 Å². The van der Waals surface area contributed by atoms with Crippen LogP contribution in [0.2, 0.25) is 0 Å². The van der Waals surface area contributed by atoms with E-state index in [1.165, 1.54) is 0 Å². The van der Waals surface area contributed by atoms with Crippen molar-refractivity contribution in [3.8, 4) is 0 Å². The van der Waals surface area contributed by atoms with Gasteiger partial charge in [0.2, 0.25) is 0 Å². The molecule has 0 saturated heterocycles. The number of ether oxygens (including phenoxy) is 2. The Morgan fingerprint density at radius 2 is 2.00 bits per heavy atom. The highest BCUT2D eigenvalue weighted by Gasteiger charge is 2.18. The number of hydrogen-bond acceptors (Lipinski definition) is 4. The van der Waals surface area contributed by atoms with Crippen LogP contribution in [0.25, 0.3) is 0 Å². The van der Waals surface area contributed by atoms with Gasteiger partial charge in [-0.15, -0.1) is 0 Å². The van der Waals surface area contributed by atoms with E-state index in [4.69, 9.17) is 14.6 Å². The molecule has 0 spiro atoms. The third-order valence-corrected chi connectivity index (χ3v) is 2.43. The fraction of sp³-hybridized carbons (Fsp3) is 0.417. The van der Waals surface area contributed by atoms with Crippen molar-refractivity contribution in [1.82, 2.24) is 0 Å². The van der Waals surface area contributed by atoms with Gasteiger partial charge in [-0.1, -0.05) is 18.2 Å². The average molecular weight is 240 g/mol. The maximum absolute atomic E-state index is 10.7. The third-order valence-electron chi connectivity index (χ3n) is 2.43. The van der Waals surface area contributed by atoms with Crippen LogP contribution in [-0.2, 0) is 14.3 Å². The van der Waals surface area contributed by atoms with E-state index in [9.17, 15) is 9.90 Å². The fourth-order valence-corrected chi connectivity index (χ4v) is 1.52. The Morgan fingerprint density at radius 3 is 2.53 bits per heavy atom. The summed E-state index contributed by atoms with van der Waals surface area (Å²) in [5, 5.41) is 18.2. The third kappa shape index (κ3) is 3.52. The lowest BCUT2D eigenvalue weighted by Crippen LogP contribution is -2.13. The largest absolute Gasteiger partial charge is 0.479 e. The van der Waals surface area contributed by atoms with Gasteiger partial charge in [-0.2, -0.15) is 0 Å². The average Bonchev–Trinajstić information content (AvgIpc) is 2.35. The molecule has 5 heteroatoms. The molecule has 0 radical (unpaired) electrons. The van der Waals surface area contributed by atoms with Crippen LogP contribution in [0.1, 0.15) is 23.3 Å². The van der Waals surface area contributed by atoms with Gasteiger partial charge in [-0.05, 0) is 17.2 Å². The standard InChI is InChI=1S/C12H16O5/c1-16-7-10(17-2)8-4-3-5-9(6-8)11(13)12(14)15/h3-6,10-11,13H,7H2,1-2H3,(H,14,15). The quantitative estimate of drug-likeness (QED) is 0.779. The summed E-state index contributed by atoms with van der Waals surface area (Å²) < 4.78 is 10.2. The van der Waals surface area contributed by atoms with Crippen molar-refractivity contribution in [3.05, 3.63) is 35.4 Å². The molecule has 0 aliphatic rings. The van der Waals surface area contributed by atoms with E-state index in [1.54, 1.807) is 38.5 Å². The molecule has 2 unspecified atom stereocenters. The summed E-state index contributed by atoms with van der Waals surface area (Å²) in [4.78, 5) is 10.7. The zero-order valence-electron chi connectivity index (χ0n) is 9.79. The zero-order valence-corrected chi connectivity index (χ0v) is 9.79. The van der Waals surface area contributed by atoms with Crippen molar-refractivity contribution in [2.24, 2.45) is 0 Å². The van der Waals surface area contributed by atoms with Gasteiger partial charge in [0.1, 0.15) is 6.10 Å². The van der Waals surface area contributed by atoms with E-state index in [-0.39, 0.29) is 6.10 Å². The lowest BCUT2D eigenvalue weighted by atomic mass is 10.0. The van der Waals surface area contributed by atoms with Gasteiger partial charge in [0.15, 0.2) is 6.10 Å². The SMILES string of the molecule is COCC(OC)c1cccc(C(O)C(=O)O)c1. The van der Waals surface area contributed by atoms with Crippen LogP contribution >= 0.6 is 0 Å².